The van der Waals surface area contributed by atoms with Gasteiger partial charge in [0.05, 0.1) is 22.6 Å². The highest BCUT2D eigenvalue weighted by molar-refractivity contribution is 7.91. The summed E-state index contributed by atoms with van der Waals surface area (Å²) in [5.74, 6) is -0.707. The van der Waals surface area contributed by atoms with Gasteiger partial charge in [-0.2, -0.15) is 0 Å². The minimum atomic E-state index is -3.15. The van der Waals surface area contributed by atoms with Gasteiger partial charge in [0.25, 0.3) is 5.91 Å². The van der Waals surface area contributed by atoms with Crippen LogP contribution >= 0.6 is 11.6 Å². The fourth-order valence-corrected chi connectivity index (χ4v) is 4.78. The van der Waals surface area contributed by atoms with Crippen LogP contribution in [0.25, 0.3) is 0 Å². The zero-order chi connectivity index (χ0) is 18.7. The molecule has 1 amide bonds. The Balaban J connectivity index is 1.78. The van der Waals surface area contributed by atoms with E-state index in [0.717, 1.165) is 6.07 Å². The van der Waals surface area contributed by atoms with Crippen LogP contribution in [-0.4, -0.2) is 38.5 Å². The maximum atomic E-state index is 13.2. The number of hydrogen-bond donors (Lipinski definition) is 0. The molecule has 138 valence electrons. The molecule has 26 heavy (non-hydrogen) atoms. The Bertz CT molecular complexity index is 905. The van der Waals surface area contributed by atoms with E-state index in [1.807, 2.05) is 6.07 Å². The highest BCUT2D eigenvalue weighted by Gasteiger charge is 2.35. The molecule has 5 nitrogen and oxygen atoms in total. The first-order valence-electron chi connectivity index (χ1n) is 8.01. The molecule has 1 aliphatic heterocycles. The first kappa shape index (κ1) is 18.7. The number of nitrogens with zero attached hydrogens (tertiary/aromatic N) is 1. The molecule has 8 heteroatoms. The lowest BCUT2D eigenvalue weighted by Gasteiger charge is -2.28. The molecule has 2 aromatic rings. The number of carbonyl (C=O) groups is 1. The molecule has 3 rings (SSSR count). The molecule has 0 saturated carbocycles. The molecular formula is C18H17ClFNO4S. The van der Waals surface area contributed by atoms with E-state index in [4.69, 9.17) is 16.3 Å². The van der Waals surface area contributed by atoms with Crippen LogP contribution in [0.15, 0.2) is 48.5 Å². The van der Waals surface area contributed by atoms with Crippen LogP contribution in [-0.2, 0) is 14.6 Å². The van der Waals surface area contributed by atoms with Gasteiger partial charge >= 0.3 is 0 Å². The molecule has 0 bridgehead atoms. The Kier molecular flexibility index (Phi) is 5.48. The largest absolute Gasteiger partial charge is 0.484 e. The monoisotopic (exact) mass is 397 g/mol. The summed E-state index contributed by atoms with van der Waals surface area (Å²) in [7, 11) is -3.15. The Hall–Kier alpha value is -2.12. The quantitative estimate of drug-likeness (QED) is 0.777. The van der Waals surface area contributed by atoms with Crippen LogP contribution in [0.5, 0.6) is 5.75 Å². The number of halogens is 2. The fourth-order valence-electron chi connectivity index (χ4n) is 2.91. The van der Waals surface area contributed by atoms with Gasteiger partial charge in [-0.25, -0.2) is 12.8 Å². The zero-order valence-corrected chi connectivity index (χ0v) is 15.3. The van der Waals surface area contributed by atoms with Crippen LogP contribution < -0.4 is 9.64 Å². The molecule has 2 aromatic carbocycles. The lowest BCUT2D eigenvalue weighted by molar-refractivity contribution is -0.121. The summed E-state index contributed by atoms with van der Waals surface area (Å²) in [6.45, 7) is -0.312. The minimum absolute atomic E-state index is 0.0582. The van der Waals surface area contributed by atoms with Gasteiger partial charge in [0.1, 0.15) is 11.6 Å². The Labute approximate surface area is 156 Å². The number of para-hydroxylation sites is 1. The van der Waals surface area contributed by atoms with E-state index >= 15 is 0 Å². The second-order valence-corrected chi connectivity index (χ2v) is 8.66. The van der Waals surface area contributed by atoms with Crippen molar-refractivity contribution >= 4 is 33.0 Å². The van der Waals surface area contributed by atoms with Crippen molar-refractivity contribution < 1.29 is 22.3 Å². The molecule has 0 aliphatic carbocycles. The van der Waals surface area contributed by atoms with Gasteiger partial charge in [0.2, 0.25) is 0 Å². The number of anilines is 1. The first-order valence-corrected chi connectivity index (χ1v) is 10.2. The number of hydrogen-bond acceptors (Lipinski definition) is 4. The summed E-state index contributed by atoms with van der Waals surface area (Å²) in [5, 5.41) is -0.100. The van der Waals surface area contributed by atoms with Crippen molar-refractivity contribution in [3.8, 4) is 5.75 Å². The summed E-state index contributed by atoms with van der Waals surface area (Å²) in [6.07, 6.45) is 0.380. The summed E-state index contributed by atoms with van der Waals surface area (Å²) in [6, 6.07) is 12.2. The lowest BCUT2D eigenvalue weighted by atomic mass is 10.2. The normalized spacial score (nSPS) is 18.5. The van der Waals surface area contributed by atoms with E-state index in [0.29, 0.717) is 12.1 Å². The predicted octanol–water partition coefficient (Wildman–Crippen LogP) is 3.08. The van der Waals surface area contributed by atoms with E-state index in [1.165, 1.54) is 17.0 Å². The molecule has 0 unspecified atom stereocenters. The Morgan fingerprint density at radius 2 is 1.96 bits per heavy atom. The third-order valence-corrected chi connectivity index (χ3v) is 6.17. The summed E-state index contributed by atoms with van der Waals surface area (Å²) in [4.78, 5) is 14.2. The number of benzene rings is 2. The van der Waals surface area contributed by atoms with Crippen LogP contribution in [0, 0.1) is 5.82 Å². The van der Waals surface area contributed by atoms with Crippen LogP contribution in [0.1, 0.15) is 6.42 Å². The van der Waals surface area contributed by atoms with Crippen molar-refractivity contribution in [1.82, 2.24) is 0 Å². The maximum Gasteiger partial charge on any atom is 0.265 e. The summed E-state index contributed by atoms with van der Waals surface area (Å²) >= 11 is 5.71. The average molecular weight is 398 g/mol. The lowest BCUT2D eigenvalue weighted by Crippen LogP contribution is -2.43. The molecular weight excluding hydrogens is 381 g/mol. The maximum absolute atomic E-state index is 13.2. The van der Waals surface area contributed by atoms with Gasteiger partial charge in [0.15, 0.2) is 16.4 Å². The average Bonchev–Trinajstić information content (AvgIpc) is 2.96. The standard InChI is InChI=1S/C18H17ClFNO4S/c19-16-10-15(6-7-17(16)20)25-11-18(22)21(13-4-2-1-3-5-13)14-8-9-26(23,24)12-14/h1-7,10,14H,8-9,11-12H2/t14-/m1/s1. The minimum Gasteiger partial charge on any atom is -0.484 e. The van der Waals surface area contributed by atoms with Crippen molar-refractivity contribution in [1.29, 1.82) is 0 Å². The van der Waals surface area contributed by atoms with Crippen molar-refractivity contribution in [3.05, 3.63) is 59.4 Å². The van der Waals surface area contributed by atoms with E-state index in [9.17, 15) is 17.6 Å². The van der Waals surface area contributed by atoms with Gasteiger partial charge in [-0.3, -0.25) is 4.79 Å². The van der Waals surface area contributed by atoms with Crippen molar-refractivity contribution in [2.45, 2.75) is 12.5 Å². The molecule has 1 saturated heterocycles. The van der Waals surface area contributed by atoms with Gasteiger partial charge in [-0.1, -0.05) is 29.8 Å². The SMILES string of the molecule is O=C(COc1ccc(F)c(Cl)c1)N(c1ccccc1)[C@@H]1CCS(=O)(=O)C1. The molecule has 1 aliphatic rings. The number of sulfone groups is 1. The Morgan fingerprint density at radius 3 is 2.58 bits per heavy atom. The van der Waals surface area contributed by atoms with Crippen molar-refractivity contribution in [3.63, 3.8) is 0 Å². The number of carbonyl (C=O) groups excluding carboxylic acids is 1. The van der Waals surface area contributed by atoms with E-state index < -0.39 is 21.7 Å². The molecule has 1 atom stereocenters. The molecule has 0 radical (unpaired) electrons. The Morgan fingerprint density at radius 1 is 1.23 bits per heavy atom. The van der Waals surface area contributed by atoms with E-state index in [2.05, 4.69) is 0 Å². The van der Waals surface area contributed by atoms with Gasteiger partial charge in [-0.05, 0) is 30.7 Å². The third kappa shape index (κ3) is 4.34. The fraction of sp³-hybridized carbons (Fsp3) is 0.278. The van der Waals surface area contributed by atoms with E-state index in [1.54, 1.807) is 24.3 Å². The summed E-state index contributed by atoms with van der Waals surface area (Å²) in [5.41, 5.74) is 0.611. The van der Waals surface area contributed by atoms with Crippen LogP contribution in [0.2, 0.25) is 5.02 Å². The first-order chi connectivity index (χ1) is 12.4. The predicted molar refractivity (Wildman–Crippen MR) is 97.9 cm³/mol. The van der Waals surface area contributed by atoms with Crippen molar-refractivity contribution in [2.24, 2.45) is 0 Å². The number of ether oxygens (including phenoxy) is 1. The molecule has 1 heterocycles. The third-order valence-electron chi connectivity index (χ3n) is 4.13. The van der Waals surface area contributed by atoms with Gasteiger partial charge < -0.3 is 9.64 Å². The van der Waals surface area contributed by atoms with Crippen LogP contribution in [0.3, 0.4) is 0 Å². The molecule has 1 fully saturated rings. The topological polar surface area (TPSA) is 63.7 Å². The zero-order valence-electron chi connectivity index (χ0n) is 13.8. The van der Waals surface area contributed by atoms with Gasteiger partial charge in [0, 0.05) is 11.8 Å². The highest BCUT2D eigenvalue weighted by atomic mass is 35.5. The number of amides is 1. The second kappa shape index (κ2) is 7.63. The van der Waals surface area contributed by atoms with Crippen LogP contribution in [0.4, 0.5) is 10.1 Å². The highest BCUT2D eigenvalue weighted by Crippen LogP contribution is 2.25. The van der Waals surface area contributed by atoms with E-state index in [-0.39, 0.29) is 34.8 Å². The second-order valence-electron chi connectivity index (χ2n) is 6.02. The molecule has 0 spiro atoms. The molecule has 0 N–H and O–H groups in total. The van der Waals surface area contributed by atoms with Gasteiger partial charge in [-0.15, -0.1) is 0 Å². The summed E-state index contributed by atoms with van der Waals surface area (Å²) < 4.78 is 42.3. The van der Waals surface area contributed by atoms with Crippen molar-refractivity contribution in [2.75, 3.05) is 23.0 Å². The number of rotatable bonds is 5. The smallest absolute Gasteiger partial charge is 0.265 e. The molecule has 0 aromatic heterocycles.